The lowest BCUT2D eigenvalue weighted by molar-refractivity contribution is -0.116. The van der Waals surface area contributed by atoms with E-state index in [4.69, 9.17) is 4.74 Å². The van der Waals surface area contributed by atoms with Gasteiger partial charge in [-0.15, -0.1) is 11.3 Å². The maximum Gasteiger partial charge on any atom is 0.359 e. The topological polar surface area (TPSA) is 90.3 Å². The summed E-state index contributed by atoms with van der Waals surface area (Å²) in [4.78, 5) is 38.6. The minimum Gasteiger partial charge on any atom is -0.461 e. The van der Waals surface area contributed by atoms with Crippen molar-refractivity contribution in [3.63, 3.8) is 0 Å². The van der Waals surface area contributed by atoms with E-state index in [9.17, 15) is 14.4 Å². The Balaban J connectivity index is 1.73. The number of anilines is 1. The SMILES string of the molecule is CCOC(=O)c1nn(-c2ccc(C)cc2)c(=O)c2c(NC(=O)CCc3ccccc3)scc12. The molecule has 0 spiro atoms. The third kappa shape index (κ3) is 4.85. The second kappa shape index (κ2) is 9.79. The largest absolute Gasteiger partial charge is 0.461 e. The number of hydrogen-bond donors (Lipinski definition) is 1. The molecule has 4 aromatic rings. The van der Waals surface area contributed by atoms with E-state index in [0.29, 0.717) is 22.5 Å². The van der Waals surface area contributed by atoms with Gasteiger partial charge in [-0.25, -0.2) is 4.79 Å². The number of rotatable bonds is 7. The number of hydrogen-bond acceptors (Lipinski definition) is 6. The van der Waals surface area contributed by atoms with Crippen molar-refractivity contribution in [2.24, 2.45) is 0 Å². The maximum absolute atomic E-state index is 13.4. The molecule has 0 radical (unpaired) electrons. The normalized spacial score (nSPS) is 10.8. The van der Waals surface area contributed by atoms with Crippen LogP contribution in [0.5, 0.6) is 0 Å². The number of benzene rings is 2. The Labute approximate surface area is 194 Å². The van der Waals surface area contributed by atoms with Gasteiger partial charge in [-0.2, -0.15) is 9.78 Å². The van der Waals surface area contributed by atoms with Gasteiger partial charge in [-0.3, -0.25) is 9.59 Å². The summed E-state index contributed by atoms with van der Waals surface area (Å²) in [5, 5.41) is 9.81. The van der Waals surface area contributed by atoms with Gasteiger partial charge in [-0.05, 0) is 38.0 Å². The van der Waals surface area contributed by atoms with Gasteiger partial charge in [-0.1, -0.05) is 48.0 Å². The summed E-state index contributed by atoms with van der Waals surface area (Å²) in [5.74, 6) is -0.832. The van der Waals surface area contributed by atoms with Crippen LogP contribution in [0.4, 0.5) is 5.00 Å². The quantitative estimate of drug-likeness (QED) is 0.409. The first-order chi connectivity index (χ1) is 16.0. The molecule has 0 unspecified atom stereocenters. The second-order valence-corrected chi connectivity index (χ2v) is 8.39. The molecule has 7 nitrogen and oxygen atoms in total. The van der Waals surface area contributed by atoms with Gasteiger partial charge in [0, 0.05) is 17.2 Å². The Kier molecular flexibility index (Phi) is 6.65. The number of carbonyl (C=O) groups is 2. The average molecular weight is 462 g/mol. The molecule has 4 rings (SSSR count). The molecule has 0 aliphatic carbocycles. The summed E-state index contributed by atoms with van der Waals surface area (Å²) >= 11 is 1.19. The predicted octanol–water partition coefficient (Wildman–Crippen LogP) is 4.50. The lowest BCUT2D eigenvalue weighted by Crippen LogP contribution is -2.25. The number of esters is 1. The van der Waals surface area contributed by atoms with E-state index in [0.717, 1.165) is 11.1 Å². The summed E-state index contributed by atoms with van der Waals surface area (Å²) in [6.07, 6.45) is 0.852. The highest BCUT2D eigenvalue weighted by molar-refractivity contribution is 7.16. The van der Waals surface area contributed by atoms with Crippen LogP contribution < -0.4 is 10.9 Å². The first kappa shape index (κ1) is 22.4. The van der Waals surface area contributed by atoms with Crippen LogP contribution in [0.15, 0.2) is 64.8 Å². The summed E-state index contributed by atoms with van der Waals surface area (Å²) in [6, 6.07) is 16.9. The van der Waals surface area contributed by atoms with Crippen LogP contribution in [0.1, 0.15) is 35.0 Å². The molecule has 0 saturated heterocycles. The lowest BCUT2D eigenvalue weighted by Gasteiger charge is -2.10. The third-order valence-electron chi connectivity index (χ3n) is 5.14. The zero-order chi connectivity index (χ0) is 23.4. The van der Waals surface area contributed by atoms with Crippen LogP contribution in [0.3, 0.4) is 0 Å². The number of nitrogens with zero attached hydrogens (tertiary/aromatic N) is 2. The van der Waals surface area contributed by atoms with Gasteiger partial charge in [0.15, 0.2) is 5.69 Å². The molecule has 2 aromatic heterocycles. The summed E-state index contributed by atoms with van der Waals surface area (Å²) < 4.78 is 6.35. The van der Waals surface area contributed by atoms with Gasteiger partial charge in [0.1, 0.15) is 5.00 Å². The van der Waals surface area contributed by atoms with E-state index >= 15 is 0 Å². The molecule has 33 heavy (non-hydrogen) atoms. The van der Waals surface area contributed by atoms with Crippen LogP contribution in [0.25, 0.3) is 16.5 Å². The Morgan fingerprint density at radius 1 is 1.09 bits per heavy atom. The van der Waals surface area contributed by atoms with Gasteiger partial charge in [0.25, 0.3) is 5.56 Å². The first-order valence-electron chi connectivity index (χ1n) is 10.6. The standard InChI is InChI=1S/C25H23N3O4S/c1-3-32-25(31)22-19-15-33-23(26-20(29)14-11-17-7-5-4-6-8-17)21(19)24(30)28(27-22)18-12-9-16(2)10-13-18/h4-10,12-13,15H,3,11,14H2,1-2H3,(H,26,29). The zero-order valence-corrected chi connectivity index (χ0v) is 19.1. The van der Waals surface area contributed by atoms with E-state index in [1.807, 2.05) is 49.4 Å². The number of nitrogens with one attached hydrogen (secondary N) is 1. The van der Waals surface area contributed by atoms with Gasteiger partial charge in [0.2, 0.25) is 5.91 Å². The first-order valence-corrected chi connectivity index (χ1v) is 11.5. The van der Waals surface area contributed by atoms with Crippen molar-refractivity contribution < 1.29 is 14.3 Å². The lowest BCUT2D eigenvalue weighted by atomic mass is 10.1. The number of aryl methyl sites for hydroxylation is 2. The number of amides is 1. The van der Waals surface area contributed by atoms with Crippen LogP contribution in [0, 0.1) is 6.92 Å². The Morgan fingerprint density at radius 2 is 1.82 bits per heavy atom. The number of fused-ring (bicyclic) bond motifs is 1. The van der Waals surface area contributed by atoms with Crippen LogP contribution in [-0.4, -0.2) is 28.3 Å². The second-order valence-electron chi connectivity index (χ2n) is 7.51. The van der Waals surface area contributed by atoms with Gasteiger partial charge in [0.05, 0.1) is 17.7 Å². The number of thiophene rings is 1. The maximum atomic E-state index is 13.4. The molecular weight excluding hydrogens is 438 g/mol. The Hall–Kier alpha value is -3.78. The van der Waals surface area contributed by atoms with Gasteiger partial charge >= 0.3 is 5.97 Å². The molecule has 0 aliphatic rings. The average Bonchev–Trinajstić information content (AvgIpc) is 3.23. The molecule has 8 heteroatoms. The van der Waals surface area contributed by atoms with Gasteiger partial charge < -0.3 is 10.1 Å². The van der Waals surface area contributed by atoms with E-state index in [1.54, 1.807) is 24.4 Å². The highest BCUT2D eigenvalue weighted by Gasteiger charge is 2.23. The fourth-order valence-corrected chi connectivity index (χ4v) is 4.40. The molecule has 2 aromatic carbocycles. The molecule has 0 atom stereocenters. The van der Waals surface area contributed by atoms with E-state index in [2.05, 4.69) is 10.4 Å². The van der Waals surface area contributed by atoms with E-state index in [1.165, 1.54) is 16.0 Å². The molecule has 1 N–H and O–H groups in total. The van der Waals surface area contributed by atoms with E-state index in [-0.39, 0.29) is 30.0 Å². The van der Waals surface area contributed by atoms with Crippen molar-refractivity contribution in [3.05, 3.63) is 87.2 Å². The summed E-state index contributed by atoms with van der Waals surface area (Å²) in [6.45, 7) is 3.82. The number of aromatic nitrogens is 2. The summed E-state index contributed by atoms with van der Waals surface area (Å²) in [5.41, 5.74) is 2.22. The Morgan fingerprint density at radius 3 is 2.52 bits per heavy atom. The fourth-order valence-electron chi connectivity index (χ4n) is 3.44. The van der Waals surface area contributed by atoms with Crippen LogP contribution in [0.2, 0.25) is 0 Å². The molecule has 2 heterocycles. The fraction of sp³-hybridized carbons (Fsp3) is 0.200. The zero-order valence-electron chi connectivity index (χ0n) is 18.3. The van der Waals surface area contributed by atoms with Crippen molar-refractivity contribution in [1.82, 2.24) is 9.78 Å². The van der Waals surface area contributed by atoms with E-state index < -0.39 is 11.5 Å². The smallest absolute Gasteiger partial charge is 0.359 e. The van der Waals surface area contributed by atoms with Crippen LogP contribution >= 0.6 is 11.3 Å². The molecule has 0 bridgehead atoms. The monoisotopic (exact) mass is 461 g/mol. The van der Waals surface area contributed by atoms with Crippen LogP contribution in [-0.2, 0) is 16.0 Å². The molecule has 0 aliphatic heterocycles. The number of carbonyl (C=O) groups excluding carboxylic acids is 2. The predicted molar refractivity (Wildman–Crippen MR) is 129 cm³/mol. The van der Waals surface area contributed by atoms with Crippen molar-refractivity contribution in [3.8, 4) is 5.69 Å². The minimum atomic E-state index is -0.622. The molecule has 168 valence electrons. The van der Waals surface area contributed by atoms with Crippen molar-refractivity contribution in [2.45, 2.75) is 26.7 Å². The third-order valence-corrected chi connectivity index (χ3v) is 6.03. The molecule has 0 fully saturated rings. The van der Waals surface area contributed by atoms with Crippen molar-refractivity contribution >= 4 is 39.0 Å². The Bertz CT molecular complexity index is 1360. The highest BCUT2D eigenvalue weighted by atomic mass is 32.1. The van der Waals surface area contributed by atoms with Crippen molar-refractivity contribution in [1.29, 1.82) is 0 Å². The molecule has 0 saturated carbocycles. The highest BCUT2D eigenvalue weighted by Crippen LogP contribution is 2.31. The number of ether oxygens (including phenoxy) is 1. The molecular formula is C25H23N3O4S. The summed E-state index contributed by atoms with van der Waals surface area (Å²) in [7, 11) is 0. The van der Waals surface area contributed by atoms with Crippen molar-refractivity contribution in [2.75, 3.05) is 11.9 Å². The molecule has 1 amide bonds. The minimum absolute atomic E-state index is 0.0352.